The Morgan fingerprint density at radius 2 is 2.06 bits per heavy atom. The van der Waals surface area contributed by atoms with Gasteiger partial charge in [0.05, 0.1) is 19.8 Å². The molecule has 4 fully saturated rings. The molecule has 9 nitrogen and oxygen atoms in total. The third-order valence-corrected chi connectivity index (χ3v) is 8.68. The topological polar surface area (TPSA) is 104 Å². The number of aryl methyl sites for hydroxylation is 1. The van der Waals surface area contributed by atoms with Gasteiger partial charge in [-0.25, -0.2) is 9.97 Å². The van der Waals surface area contributed by atoms with Crippen LogP contribution in [0.4, 0.5) is 0 Å². The van der Waals surface area contributed by atoms with Crippen molar-refractivity contribution in [1.82, 2.24) is 24.5 Å². The van der Waals surface area contributed by atoms with Crippen LogP contribution in [0, 0.1) is 5.41 Å². The maximum atomic E-state index is 13.1. The maximum absolute atomic E-state index is 13.1. The van der Waals surface area contributed by atoms with E-state index in [1.165, 1.54) is 0 Å². The van der Waals surface area contributed by atoms with Gasteiger partial charge in [0.15, 0.2) is 11.2 Å². The minimum absolute atomic E-state index is 0.00838. The molecule has 34 heavy (non-hydrogen) atoms. The summed E-state index contributed by atoms with van der Waals surface area (Å²) >= 11 is 1.55. The minimum Gasteiger partial charge on any atom is -0.469 e. The minimum atomic E-state index is -0.180. The predicted molar refractivity (Wildman–Crippen MR) is 128 cm³/mol. The lowest BCUT2D eigenvalue weighted by Gasteiger charge is -2.52. The number of aromatic amines is 1. The van der Waals surface area contributed by atoms with Gasteiger partial charge in [0.2, 0.25) is 0 Å². The molecule has 3 aliphatic carbocycles. The van der Waals surface area contributed by atoms with Crippen LogP contribution < -0.4 is 15.0 Å². The van der Waals surface area contributed by atoms with E-state index in [0.717, 1.165) is 75.5 Å². The number of ether oxygens (including phenoxy) is 3. The van der Waals surface area contributed by atoms with Crippen LogP contribution in [0.25, 0.3) is 11.2 Å². The zero-order valence-electron chi connectivity index (χ0n) is 19.5. The van der Waals surface area contributed by atoms with E-state index in [1.807, 2.05) is 5.38 Å². The summed E-state index contributed by atoms with van der Waals surface area (Å²) in [4.78, 5) is 29.9. The first-order chi connectivity index (χ1) is 16.6. The second-order valence-electron chi connectivity index (χ2n) is 10.1. The highest BCUT2D eigenvalue weighted by Gasteiger charge is 2.52. The standard InChI is InChI=1S/C24H31N5O4S/c1-2-11-29-17-18(27-21(28-19(17)30)33-16-3-12-31-14-16)26-20(29)24-7-4-23(5-8-24,6-9-24)15-32-22-25-10-13-34-22/h10,13,16H,2-9,11-12,14-15H2,1H3,(H,27,28,30). The summed E-state index contributed by atoms with van der Waals surface area (Å²) in [5.74, 6) is 1.03. The van der Waals surface area contributed by atoms with Crippen LogP contribution in [-0.2, 0) is 16.7 Å². The van der Waals surface area contributed by atoms with Gasteiger partial charge in [-0.2, -0.15) is 4.98 Å². The number of H-pyrrole nitrogens is 1. The largest absolute Gasteiger partial charge is 0.469 e. The highest BCUT2D eigenvalue weighted by molar-refractivity contribution is 7.11. The van der Waals surface area contributed by atoms with Crippen molar-refractivity contribution in [2.45, 2.75) is 76.4 Å². The summed E-state index contributed by atoms with van der Waals surface area (Å²) in [6, 6.07) is 0.240. The lowest BCUT2D eigenvalue weighted by atomic mass is 9.53. The highest BCUT2D eigenvalue weighted by atomic mass is 32.1. The summed E-state index contributed by atoms with van der Waals surface area (Å²) < 4.78 is 19.5. The molecule has 1 atom stereocenters. The summed E-state index contributed by atoms with van der Waals surface area (Å²) in [6.45, 7) is 4.82. The van der Waals surface area contributed by atoms with Crippen molar-refractivity contribution in [3.8, 4) is 11.2 Å². The van der Waals surface area contributed by atoms with Crippen molar-refractivity contribution >= 4 is 22.5 Å². The molecule has 0 spiro atoms. The molecule has 1 saturated heterocycles. The Bertz CT molecular complexity index is 1190. The van der Waals surface area contributed by atoms with Gasteiger partial charge >= 0.3 is 0 Å². The van der Waals surface area contributed by atoms with Crippen molar-refractivity contribution in [2.75, 3.05) is 19.8 Å². The van der Waals surface area contributed by atoms with Gasteiger partial charge in [-0.3, -0.25) is 9.78 Å². The Balaban J connectivity index is 1.28. The fourth-order valence-corrected chi connectivity index (χ4v) is 6.49. The number of rotatable bonds is 8. The van der Waals surface area contributed by atoms with E-state index in [9.17, 15) is 4.79 Å². The maximum Gasteiger partial charge on any atom is 0.298 e. The average Bonchev–Trinajstić information content (AvgIpc) is 3.62. The SMILES string of the molecule is CCCn1c(C23CCC(COc4nccs4)(CC2)CC3)nc2nc(OC3CCOC3)[nH]c(=O)c21. The van der Waals surface area contributed by atoms with E-state index < -0.39 is 0 Å². The monoisotopic (exact) mass is 485 g/mol. The molecule has 10 heteroatoms. The third-order valence-electron chi connectivity index (χ3n) is 7.99. The van der Waals surface area contributed by atoms with Gasteiger partial charge in [-0.05, 0) is 44.9 Å². The predicted octanol–water partition coefficient (Wildman–Crippen LogP) is 3.82. The molecule has 2 bridgehead atoms. The number of hydrogen-bond donors (Lipinski definition) is 1. The zero-order chi connectivity index (χ0) is 23.2. The van der Waals surface area contributed by atoms with E-state index in [2.05, 4.69) is 26.4 Å². The van der Waals surface area contributed by atoms with Gasteiger partial charge in [0, 0.05) is 35.4 Å². The highest BCUT2D eigenvalue weighted by Crippen LogP contribution is 2.57. The number of nitrogens with zero attached hydrogens (tertiary/aromatic N) is 4. The fourth-order valence-electron chi connectivity index (χ4n) is 6.00. The van der Waals surface area contributed by atoms with Gasteiger partial charge in [-0.1, -0.05) is 18.3 Å². The normalized spacial score (nSPS) is 28.6. The molecule has 3 aromatic heterocycles. The molecule has 3 saturated carbocycles. The van der Waals surface area contributed by atoms with Crippen molar-refractivity contribution < 1.29 is 14.2 Å². The first-order valence-electron chi connectivity index (χ1n) is 12.4. The van der Waals surface area contributed by atoms with Gasteiger partial charge in [0.25, 0.3) is 16.8 Å². The van der Waals surface area contributed by atoms with Gasteiger partial charge in [0.1, 0.15) is 11.9 Å². The second kappa shape index (κ2) is 8.64. The van der Waals surface area contributed by atoms with Crippen LogP contribution in [-0.4, -0.2) is 50.4 Å². The summed E-state index contributed by atoms with van der Waals surface area (Å²) in [5.41, 5.74) is 1.09. The number of hydrogen-bond acceptors (Lipinski definition) is 8. The third kappa shape index (κ3) is 3.80. The number of fused-ring (bicyclic) bond motifs is 4. The summed E-state index contributed by atoms with van der Waals surface area (Å²) in [6.07, 6.45) is 9.93. The molecule has 7 rings (SSSR count). The number of aromatic nitrogens is 5. The van der Waals surface area contributed by atoms with Crippen molar-refractivity contribution in [1.29, 1.82) is 0 Å². The van der Waals surface area contributed by atoms with E-state index in [-0.39, 0.29) is 28.5 Å². The molecule has 0 aromatic carbocycles. The Hall–Kier alpha value is -2.46. The molecular weight excluding hydrogens is 454 g/mol. The van der Waals surface area contributed by atoms with E-state index in [4.69, 9.17) is 19.2 Å². The van der Waals surface area contributed by atoms with E-state index >= 15 is 0 Å². The molecule has 3 aromatic rings. The molecule has 182 valence electrons. The van der Waals surface area contributed by atoms with Crippen LogP contribution in [0.1, 0.15) is 64.1 Å². The molecule has 4 heterocycles. The van der Waals surface area contributed by atoms with Crippen molar-refractivity contribution in [3.05, 3.63) is 27.8 Å². The second-order valence-corrected chi connectivity index (χ2v) is 11.0. The number of imidazole rings is 1. The first-order valence-corrected chi connectivity index (χ1v) is 13.3. The van der Waals surface area contributed by atoms with Crippen molar-refractivity contribution in [3.63, 3.8) is 0 Å². The molecule has 4 aliphatic rings. The lowest BCUT2D eigenvalue weighted by Crippen LogP contribution is -2.48. The quantitative estimate of drug-likeness (QED) is 0.517. The Kier molecular flexibility index (Phi) is 5.60. The Morgan fingerprint density at radius 1 is 1.24 bits per heavy atom. The van der Waals surface area contributed by atoms with Crippen LogP contribution >= 0.6 is 11.3 Å². The lowest BCUT2D eigenvalue weighted by molar-refractivity contribution is -0.00290. The molecule has 1 N–H and O–H groups in total. The van der Waals surface area contributed by atoms with Crippen LogP contribution in [0.5, 0.6) is 11.2 Å². The first kappa shape index (κ1) is 22.0. The smallest absolute Gasteiger partial charge is 0.298 e. The van der Waals surface area contributed by atoms with Gasteiger partial charge < -0.3 is 18.8 Å². The molecular formula is C24H31N5O4S. The number of thiazole rings is 1. The zero-order valence-corrected chi connectivity index (χ0v) is 20.4. The van der Waals surface area contributed by atoms with E-state index in [0.29, 0.717) is 24.4 Å². The van der Waals surface area contributed by atoms with Crippen LogP contribution in [0.2, 0.25) is 0 Å². The van der Waals surface area contributed by atoms with E-state index in [1.54, 1.807) is 17.5 Å². The molecule has 1 aliphatic heterocycles. The average molecular weight is 486 g/mol. The van der Waals surface area contributed by atoms with Crippen LogP contribution in [0.3, 0.4) is 0 Å². The Labute approximate surface area is 201 Å². The summed E-state index contributed by atoms with van der Waals surface area (Å²) in [7, 11) is 0. The summed E-state index contributed by atoms with van der Waals surface area (Å²) in [5, 5.41) is 2.71. The van der Waals surface area contributed by atoms with Crippen molar-refractivity contribution in [2.24, 2.45) is 5.41 Å². The Morgan fingerprint density at radius 3 is 2.74 bits per heavy atom. The molecule has 0 amide bonds. The van der Waals surface area contributed by atoms with Crippen LogP contribution in [0.15, 0.2) is 16.4 Å². The number of nitrogens with one attached hydrogen (secondary N) is 1. The molecule has 0 radical (unpaired) electrons. The fraction of sp³-hybridized carbons (Fsp3) is 0.667. The molecule has 1 unspecified atom stereocenters. The van der Waals surface area contributed by atoms with Gasteiger partial charge in [-0.15, -0.1) is 0 Å².